The number of fused-ring (bicyclic) bond motifs is 1. The highest BCUT2D eigenvalue weighted by atomic mass is 32.1. The third-order valence-electron chi connectivity index (χ3n) is 1.62. The van der Waals surface area contributed by atoms with Crippen molar-refractivity contribution in [1.29, 1.82) is 0 Å². The van der Waals surface area contributed by atoms with Gasteiger partial charge in [0, 0.05) is 6.54 Å². The van der Waals surface area contributed by atoms with Gasteiger partial charge < -0.3 is 11.1 Å². The molecule has 0 saturated carbocycles. The predicted octanol–water partition coefficient (Wildman–Crippen LogP) is -0.432. The second-order valence-corrected chi connectivity index (χ2v) is 3.39. The lowest BCUT2D eigenvalue weighted by Crippen LogP contribution is -2.24. The maximum Gasteiger partial charge on any atom is 0.289 e. The second kappa shape index (κ2) is 4.05. The molecule has 2 heterocycles. The van der Waals surface area contributed by atoms with Gasteiger partial charge in [0.2, 0.25) is 11.6 Å². The van der Waals surface area contributed by atoms with Crippen LogP contribution in [0.25, 0.3) is 10.8 Å². The van der Waals surface area contributed by atoms with Crippen LogP contribution in [0.1, 0.15) is 10.6 Å². The number of hydrogen-bond donors (Lipinski definition) is 3. The summed E-state index contributed by atoms with van der Waals surface area (Å²) in [5.41, 5.74) is 5.12. The van der Waals surface area contributed by atoms with Crippen LogP contribution in [-0.2, 0) is 0 Å². The lowest BCUT2D eigenvalue weighted by Gasteiger charge is -1.95. The molecule has 0 saturated heterocycles. The fourth-order valence-corrected chi connectivity index (χ4v) is 1.50. The SMILES string of the molecule is NC=CCNC(=O)c1nc2n[nH]sc-2n1. The van der Waals surface area contributed by atoms with Gasteiger partial charge in [-0.1, -0.05) is 0 Å². The Kier molecular flexibility index (Phi) is 2.59. The van der Waals surface area contributed by atoms with Gasteiger partial charge in [-0.2, -0.15) is 4.98 Å². The van der Waals surface area contributed by atoms with Gasteiger partial charge in [-0.3, -0.25) is 4.79 Å². The topological polar surface area (TPSA) is 110 Å². The van der Waals surface area contributed by atoms with E-state index in [1.807, 2.05) is 0 Å². The van der Waals surface area contributed by atoms with Gasteiger partial charge in [0.1, 0.15) is 0 Å². The van der Waals surface area contributed by atoms with Crippen molar-refractivity contribution in [3.8, 4) is 10.8 Å². The summed E-state index contributed by atoms with van der Waals surface area (Å²) in [6, 6.07) is 0. The van der Waals surface area contributed by atoms with Crippen molar-refractivity contribution in [1.82, 2.24) is 24.9 Å². The number of carbonyl (C=O) groups is 1. The first-order valence-electron chi connectivity index (χ1n) is 4.13. The zero-order chi connectivity index (χ0) is 10.7. The molecular weight excluding hydrogens is 216 g/mol. The molecule has 0 aromatic rings. The molecule has 0 unspecified atom stereocenters. The molecule has 2 aliphatic rings. The summed E-state index contributed by atoms with van der Waals surface area (Å²) in [5, 5.41) is 7.03. The molecule has 0 aromatic heterocycles. The lowest BCUT2D eigenvalue weighted by atomic mass is 10.5. The van der Waals surface area contributed by atoms with Gasteiger partial charge in [-0.25, -0.2) is 9.47 Å². The summed E-state index contributed by atoms with van der Waals surface area (Å²) < 4.78 is 2.64. The molecule has 0 radical (unpaired) electrons. The molecule has 4 N–H and O–H groups in total. The number of hydrogen-bond acceptors (Lipinski definition) is 6. The van der Waals surface area contributed by atoms with Crippen LogP contribution < -0.4 is 11.1 Å². The molecule has 0 aliphatic carbocycles. The minimum Gasteiger partial charge on any atom is -0.405 e. The normalized spacial score (nSPS) is 11.2. The van der Waals surface area contributed by atoms with Gasteiger partial charge >= 0.3 is 0 Å². The Morgan fingerprint density at radius 1 is 1.60 bits per heavy atom. The molecule has 0 aromatic carbocycles. The van der Waals surface area contributed by atoms with E-state index in [0.717, 1.165) is 0 Å². The van der Waals surface area contributed by atoms with Crippen LogP contribution in [0.15, 0.2) is 12.3 Å². The molecular formula is C7H8N6OS. The van der Waals surface area contributed by atoms with Crippen LogP contribution in [0.3, 0.4) is 0 Å². The Labute approximate surface area is 88.9 Å². The standard InChI is InChI=1S/C7H8N6OS/c8-2-1-3-9-6(14)4-10-5-7(11-4)15-13-12-5/h1-2,13H,3,8H2,(H,9,14). The Bertz CT molecular complexity index is 435. The highest BCUT2D eigenvalue weighted by Gasteiger charge is 2.18. The van der Waals surface area contributed by atoms with Gasteiger partial charge in [0.15, 0.2) is 5.01 Å². The number of nitrogens with zero attached hydrogens (tertiary/aromatic N) is 3. The van der Waals surface area contributed by atoms with Crippen molar-refractivity contribution < 1.29 is 4.79 Å². The Hall–Kier alpha value is -1.96. The number of nitrogens with one attached hydrogen (secondary N) is 2. The smallest absolute Gasteiger partial charge is 0.289 e. The number of aromatic nitrogens is 4. The van der Waals surface area contributed by atoms with Crippen molar-refractivity contribution in [3.63, 3.8) is 0 Å². The van der Waals surface area contributed by atoms with E-state index in [2.05, 4.69) is 24.9 Å². The van der Waals surface area contributed by atoms with Crippen LogP contribution >= 0.6 is 11.5 Å². The van der Waals surface area contributed by atoms with E-state index in [-0.39, 0.29) is 11.7 Å². The van der Waals surface area contributed by atoms with E-state index < -0.39 is 0 Å². The van der Waals surface area contributed by atoms with E-state index in [4.69, 9.17) is 5.73 Å². The average molecular weight is 224 g/mol. The quantitative estimate of drug-likeness (QED) is 0.655. The van der Waals surface area contributed by atoms with Crippen LogP contribution in [0.5, 0.6) is 0 Å². The minimum atomic E-state index is -0.335. The minimum absolute atomic E-state index is 0.128. The molecule has 2 rings (SSSR count). The zero-order valence-electron chi connectivity index (χ0n) is 7.60. The van der Waals surface area contributed by atoms with Gasteiger partial charge in [-0.05, 0) is 23.8 Å². The number of nitrogens with two attached hydrogens (primary N) is 1. The van der Waals surface area contributed by atoms with Crippen molar-refractivity contribution in [2.45, 2.75) is 0 Å². The first-order chi connectivity index (χ1) is 7.31. The number of rotatable bonds is 3. The summed E-state index contributed by atoms with van der Waals surface area (Å²) in [7, 11) is 0. The van der Waals surface area contributed by atoms with Crippen molar-refractivity contribution in [2.24, 2.45) is 5.73 Å². The third kappa shape index (κ3) is 1.94. The van der Waals surface area contributed by atoms with Crippen LogP contribution in [0.2, 0.25) is 0 Å². The Morgan fingerprint density at radius 2 is 2.47 bits per heavy atom. The average Bonchev–Trinajstić information content (AvgIpc) is 2.76. The second-order valence-electron chi connectivity index (χ2n) is 2.62. The monoisotopic (exact) mass is 224 g/mol. The first-order valence-corrected chi connectivity index (χ1v) is 4.95. The van der Waals surface area contributed by atoms with E-state index in [1.54, 1.807) is 6.08 Å². The molecule has 1 amide bonds. The van der Waals surface area contributed by atoms with E-state index in [0.29, 0.717) is 17.4 Å². The summed E-state index contributed by atoms with van der Waals surface area (Å²) >= 11 is 1.23. The van der Waals surface area contributed by atoms with E-state index >= 15 is 0 Å². The van der Waals surface area contributed by atoms with Crippen LogP contribution in [0, 0.1) is 0 Å². The van der Waals surface area contributed by atoms with E-state index in [1.165, 1.54) is 17.7 Å². The Morgan fingerprint density at radius 3 is 3.20 bits per heavy atom. The molecule has 0 atom stereocenters. The Balaban J connectivity index is 2.08. The largest absolute Gasteiger partial charge is 0.405 e. The molecule has 0 bridgehead atoms. The highest BCUT2D eigenvalue weighted by molar-refractivity contribution is 7.09. The van der Waals surface area contributed by atoms with Gasteiger partial charge in [0.25, 0.3) is 5.91 Å². The van der Waals surface area contributed by atoms with Crippen molar-refractivity contribution in [2.75, 3.05) is 6.54 Å². The molecule has 78 valence electrons. The van der Waals surface area contributed by atoms with Crippen LogP contribution in [-0.4, -0.2) is 32.0 Å². The molecule has 15 heavy (non-hydrogen) atoms. The maximum absolute atomic E-state index is 11.4. The van der Waals surface area contributed by atoms with Gasteiger partial charge in [0.05, 0.1) is 0 Å². The third-order valence-corrected chi connectivity index (χ3v) is 2.27. The number of amides is 1. The highest BCUT2D eigenvalue weighted by Crippen LogP contribution is 2.18. The van der Waals surface area contributed by atoms with Crippen LogP contribution in [0.4, 0.5) is 0 Å². The fraction of sp³-hybridized carbons (Fsp3) is 0.143. The van der Waals surface area contributed by atoms with Crippen molar-refractivity contribution >= 4 is 17.4 Å². The number of aromatic amines is 1. The summed E-state index contributed by atoms with van der Waals surface area (Å²) in [6.07, 6.45) is 2.98. The summed E-state index contributed by atoms with van der Waals surface area (Å²) in [5.74, 6) is 0.251. The summed E-state index contributed by atoms with van der Waals surface area (Å²) in [4.78, 5) is 19.4. The number of H-pyrrole nitrogens is 1. The molecule has 0 spiro atoms. The maximum atomic E-state index is 11.4. The lowest BCUT2D eigenvalue weighted by molar-refractivity contribution is 0.0949. The molecule has 2 aliphatic heterocycles. The number of imidazole rings is 1. The number of carbonyl (C=O) groups excluding carboxylic acids is 1. The zero-order valence-corrected chi connectivity index (χ0v) is 8.41. The summed E-state index contributed by atoms with van der Waals surface area (Å²) in [6.45, 7) is 0.358. The van der Waals surface area contributed by atoms with E-state index in [9.17, 15) is 4.79 Å². The van der Waals surface area contributed by atoms with Gasteiger partial charge in [-0.15, -0.1) is 5.10 Å². The molecule has 8 heteroatoms. The first kappa shape index (κ1) is 9.59. The van der Waals surface area contributed by atoms with Crippen molar-refractivity contribution in [3.05, 3.63) is 18.1 Å². The molecule has 0 fully saturated rings. The predicted molar refractivity (Wildman–Crippen MR) is 54.3 cm³/mol. The molecule has 7 nitrogen and oxygen atoms in total. The fourth-order valence-electron chi connectivity index (χ4n) is 0.970.